The van der Waals surface area contributed by atoms with Gasteiger partial charge in [0.05, 0.1) is 6.04 Å². The van der Waals surface area contributed by atoms with E-state index in [9.17, 15) is 9.59 Å². The number of carbonyl (C=O) groups excluding carboxylic acids is 2. The molecular weight excluding hydrogens is 412 g/mol. The summed E-state index contributed by atoms with van der Waals surface area (Å²) in [5.74, 6) is 0.329. The Labute approximate surface area is 188 Å². The number of rotatable bonds is 6. The third-order valence-corrected chi connectivity index (χ3v) is 6.63. The number of nitrogens with one attached hydrogen (secondary N) is 1. The van der Waals surface area contributed by atoms with Gasteiger partial charge in [-0.25, -0.2) is 4.79 Å². The molecule has 2 fully saturated rings. The maximum Gasteiger partial charge on any atom is 0.410 e. The van der Waals surface area contributed by atoms with Crippen LogP contribution in [0.15, 0.2) is 54.6 Å². The quantitative estimate of drug-likeness (QED) is 0.635. The molecule has 0 radical (unpaired) electrons. The van der Waals surface area contributed by atoms with Crippen LogP contribution < -0.4 is 5.32 Å². The number of hydrogen-bond acceptors (Lipinski definition) is 3. The molecule has 0 spiro atoms. The Balaban J connectivity index is 1.36. The summed E-state index contributed by atoms with van der Waals surface area (Å²) in [6, 6.07) is 16.9. The van der Waals surface area contributed by atoms with Gasteiger partial charge >= 0.3 is 6.09 Å². The molecule has 5 nitrogen and oxygen atoms in total. The van der Waals surface area contributed by atoms with Crippen molar-refractivity contribution >= 4 is 23.6 Å². The van der Waals surface area contributed by atoms with Gasteiger partial charge in [0.2, 0.25) is 0 Å². The molecule has 1 heterocycles. The average Bonchev–Trinajstić information content (AvgIpc) is 2.77. The lowest BCUT2D eigenvalue weighted by Crippen LogP contribution is -2.42. The highest BCUT2D eigenvalue weighted by Gasteiger charge is 2.29. The standard InChI is InChI=1S/C25H29ClN2O3/c26-21-11-9-20(10-12-21)24(29)27-23(19-5-2-1-3-6-19)17-18-13-15-28(16-14-18)25(30)31-22-7-4-8-22/h1-3,5-6,9-12,18,22-23H,4,7-8,13-17H2,(H,27,29). The zero-order valence-electron chi connectivity index (χ0n) is 17.6. The molecule has 2 aromatic carbocycles. The number of piperidine rings is 1. The Kier molecular flexibility index (Phi) is 7.13. The molecule has 2 aromatic rings. The topological polar surface area (TPSA) is 58.6 Å². The first kappa shape index (κ1) is 21.7. The molecule has 1 atom stereocenters. The predicted octanol–water partition coefficient (Wildman–Crippen LogP) is 5.60. The van der Waals surface area contributed by atoms with Crippen LogP contribution in [0.2, 0.25) is 5.02 Å². The average molecular weight is 441 g/mol. The summed E-state index contributed by atoms with van der Waals surface area (Å²) in [7, 11) is 0. The minimum absolute atomic E-state index is 0.0807. The molecule has 0 aromatic heterocycles. The Morgan fingerprint density at radius 2 is 1.68 bits per heavy atom. The van der Waals surface area contributed by atoms with Crippen LogP contribution in [0.4, 0.5) is 4.79 Å². The maximum atomic E-state index is 12.8. The van der Waals surface area contributed by atoms with Crippen molar-refractivity contribution in [2.45, 2.75) is 50.7 Å². The number of amides is 2. The largest absolute Gasteiger partial charge is 0.446 e. The van der Waals surface area contributed by atoms with Gasteiger partial charge in [0.25, 0.3) is 5.91 Å². The van der Waals surface area contributed by atoms with Gasteiger partial charge in [0.15, 0.2) is 0 Å². The fourth-order valence-electron chi connectivity index (χ4n) is 4.20. The SMILES string of the molecule is O=C(NC(CC1CCN(C(=O)OC2CCC2)CC1)c1ccccc1)c1ccc(Cl)cc1. The van der Waals surface area contributed by atoms with Crippen LogP contribution in [0.25, 0.3) is 0 Å². The maximum absolute atomic E-state index is 12.8. The highest BCUT2D eigenvalue weighted by atomic mass is 35.5. The number of hydrogen-bond donors (Lipinski definition) is 1. The van der Waals surface area contributed by atoms with Crippen molar-refractivity contribution in [2.24, 2.45) is 5.92 Å². The van der Waals surface area contributed by atoms with Gasteiger partial charge in [-0.3, -0.25) is 4.79 Å². The Hall–Kier alpha value is -2.53. The van der Waals surface area contributed by atoms with E-state index in [0.717, 1.165) is 44.1 Å². The van der Waals surface area contributed by atoms with Gasteiger partial charge in [-0.1, -0.05) is 41.9 Å². The number of likely N-dealkylation sites (tertiary alicyclic amines) is 1. The fourth-order valence-corrected chi connectivity index (χ4v) is 4.32. The van der Waals surface area contributed by atoms with Crippen molar-refractivity contribution in [3.63, 3.8) is 0 Å². The molecule has 1 saturated carbocycles. The summed E-state index contributed by atoms with van der Waals surface area (Å²) >= 11 is 5.95. The van der Waals surface area contributed by atoms with E-state index in [1.807, 2.05) is 23.1 Å². The van der Waals surface area contributed by atoms with E-state index < -0.39 is 0 Å². The number of benzene rings is 2. The van der Waals surface area contributed by atoms with Crippen LogP contribution in [-0.4, -0.2) is 36.1 Å². The third kappa shape index (κ3) is 5.79. The Bertz CT molecular complexity index is 875. The Morgan fingerprint density at radius 1 is 1.00 bits per heavy atom. The molecule has 0 bridgehead atoms. The number of nitrogens with zero attached hydrogens (tertiary/aromatic N) is 1. The predicted molar refractivity (Wildman–Crippen MR) is 121 cm³/mol. The second-order valence-corrected chi connectivity index (χ2v) is 8.98. The van der Waals surface area contributed by atoms with Gasteiger partial charge in [-0.15, -0.1) is 0 Å². The van der Waals surface area contributed by atoms with E-state index in [-0.39, 0.29) is 24.1 Å². The van der Waals surface area contributed by atoms with Gasteiger partial charge in [-0.05, 0) is 74.3 Å². The van der Waals surface area contributed by atoms with Crippen LogP contribution in [-0.2, 0) is 4.74 Å². The molecule has 1 N–H and O–H groups in total. The molecule has 1 aliphatic heterocycles. The molecule has 4 rings (SSSR count). The summed E-state index contributed by atoms with van der Waals surface area (Å²) in [6.45, 7) is 1.42. The van der Waals surface area contributed by atoms with Crippen LogP contribution in [0.5, 0.6) is 0 Å². The van der Waals surface area contributed by atoms with Crippen molar-refractivity contribution in [1.82, 2.24) is 10.2 Å². The smallest absolute Gasteiger partial charge is 0.410 e. The molecule has 2 aliphatic rings. The van der Waals surface area contributed by atoms with Gasteiger partial charge in [0, 0.05) is 23.7 Å². The lowest BCUT2D eigenvalue weighted by Gasteiger charge is -2.35. The van der Waals surface area contributed by atoms with Crippen LogP contribution in [0.1, 0.15) is 60.5 Å². The number of ether oxygens (including phenoxy) is 1. The highest BCUT2D eigenvalue weighted by Crippen LogP contribution is 2.30. The van der Waals surface area contributed by atoms with E-state index in [1.165, 1.54) is 0 Å². The summed E-state index contributed by atoms with van der Waals surface area (Å²) in [5.41, 5.74) is 1.69. The van der Waals surface area contributed by atoms with Crippen LogP contribution in [0.3, 0.4) is 0 Å². The van der Waals surface area contributed by atoms with Crippen molar-refractivity contribution < 1.29 is 14.3 Å². The van der Waals surface area contributed by atoms with Crippen molar-refractivity contribution in [1.29, 1.82) is 0 Å². The van der Waals surface area contributed by atoms with Crippen LogP contribution in [0, 0.1) is 5.92 Å². The van der Waals surface area contributed by atoms with E-state index in [1.54, 1.807) is 24.3 Å². The van der Waals surface area contributed by atoms with Gasteiger partial charge in [-0.2, -0.15) is 0 Å². The zero-order chi connectivity index (χ0) is 21.6. The molecular formula is C25H29ClN2O3. The monoisotopic (exact) mass is 440 g/mol. The molecule has 1 unspecified atom stereocenters. The van der Waals surface area contributed by atoms with E-state index in [0.29, 0.717) is 29.6 Å². The first-order valence-electron chi connectivity index (χ1n) is 11.2. The summed E-state index contributed by atoms with van der Waals surface area (Å²) in [6.07, 6.45) is 5.77. The Morgan fingerprint density at radius 3 is 2.29 bits per heavy atom. The first-order chi connectivity index (χ1) is 15.1. The zero-order valence-corrected chi connectivity index (χ0v) is 18.4. The summed E-state index contributed by atoms with van der Waals surface area (Å²) < 4.78 is 5.54. The van der Waals surface area contributed by atoms with E-state index >= 15 is 0 Å². The van der Waals surface area contributed by atoms with Gasteiger partial charge in [0.1, 0.15) is 6.10 Å². The van der Waals surface area contributed by atoms with Gasteiger partial charge < -0.3 is 15.0 Å². The van der Waals surface area contributed by atoms with Crippen LogP contribution >= 0.6 is 11.6 Å². The highest BCUT2D eigenvalue weighted by molar-refractivity contribution is 6.30. The van der Waals surface area contributed by atoms with E-state index in [4.69, 9.17) is 16.3 Å². The first-order valence-corrected chi connectivity index (χ1v) is 11.5. The molecule has 1 saturated heterocycles. The van der Waals surface area contributed by atoms with Crippen molar-refractivity contribution in [2.75, 3.05) is 13.1 Å². The molecule has 6 heteroatoms. The molecule has 2 amide bonds. The molecule has 164 valence electrons. The molecule has 31 heavy (non-hydrogen) atoms. The molecule has 1 aliphatic carbocycles. The summed E-state index contributed by atoms with van der Waals surface area (Å²) in [5, 5.41) is 3.81. The van der Waals surface area contributed by atoms with Crippen molar-refractivity contribution in [3.05, 3.63) is 70.7 Å². The summed E-state index contributed by atoms with van der Waals surface area (Å²) in [4.78, 5) is 27.0. The lowest BCUT2D eigenvalue weighted by atomic mass is 9.87. The lowest BCUT2D eigenvalue weighted by molar-refractivity contribution is 0.0200. The number of halogens is 1. The number of carbonyl (C=O) groups is 2. The van der Waals surface area contributed by atoms with Crippen molar-refractivity contribution in [3.8, 4) is 0 Å². The normalized spacial score (nSPS) is 18.2. The second-order valence-electron chi connectivity index (χ2n) is 8.55. The minimum atomic E-state index is -0.168. The third-order valence-electron chi connectivity index (χ3n) is 6.38. The second kappa shape index (κ2) is 10.2. The minimum Gasteiger partial charge on any atom is -0.446 e. The fraction of sp³-hybridized carbons (Fsp3) is 0.440. The van der Waals surface area contributed by atoms with E-state index in [2.05, 4.69) is 17.4 Å².